The standard InChI is InChI=1S/C27H28ClF2N7O4/c1-36-20(18-7-8-21(41-12-9-31)24(30)23(18)29)14-34-25(36)27(40)35-16-5-6-17(19(28)13-16)26(39)33-11-10-32-22(38)15-37(2,3)4/h5-8,13-14H,10-12,15H2,1-4H3,(H2-,32,33,35,38,39,40)/p+1. The number of carbonyl (C=O) groups is 3. The number of carbonyl (C=O) groups excluding carboxylic acids is 3. The van der Waals surface area contributed by atoms with Gasteiger partial charge in [-0.05, 0) is 30.3 Å². The van der Waals surface area contributed by atoms with Crippen LogP contribution in [0.1, 0.15) is 21.0 Å². The van der Waals surface area contributed by atoms with Crippen molar-refractivity contribution in [3.8, 4) is 23.1 Å². The second-order valence-electron chi connectivity index (χ2n) is 9.92. The van der Waals surface area contributed by atoms with E-state index >= 15 is 0 Å². The van der Waals surface area contributed by atoms with Gasteiger partial charge in [-0.3, -0.25) is 14.4 Å². The molecule has 1 heterocycles. The van der Waals surface area contributed by atoms with Gasteiger partial charge in [0.15, 0.2) is 30.5 Å². The van der Waals surface area contributed by atoms with E-state index in [0.29, 0.717) is 11.0 Å². The fourth-order valence-electron chi connectivity index (χ4n) is 3.75. The van der Waals surface area contributed by atoms with Gasteiger partial charge in [-0.25, -0.2) is 9.37 Å². The molecule has 0 radical (unpaired) electrons. The van der Waals surface area contributed by atoms with Crippen molar-refractivity contribution in [2.24, 2.45) is 7.05 Å². The highest BCUT2D eigenvalue weighted by Crippen LogP contribution is 2.30. The first kappa shape index (κ1) is 31.0. The Labute approximate surface area is 240 Å². The van der Waals surface area contributed by atoms with Gasteiger partial charge in [-0.2, -0.15) is 9.65 Å². The summed E-state index contributed by atoms with van der Waals surface area (Å²) in [5.74, 6) is -4.26. The van der Waals surface area contributed by atoms with Gasteiger partial charge in [0, 0.05) is 31.4 Å². The number of hydrogen-bond donors (Lipinski definition) is 3. The van der Waals surface area contributed by atoms with Gasteiger partial charge in [-0.1, -0.05) is 11.6 Å². The summed E-state index contributed by atoms with van der Waals surface area (Å²) in [6, 6.07) is 8.40. The van der Waals surface area contributed by atoms with Crippen LogP contribution in [0.25, 0.3) is 11.3 Å². The van der Waals surface area contributed by atoms with Crippen LogP contribution in [-0.4, -0.2) is 79.1 Å². The maximum atomic E-state index is 14.7. The van der Waals surface area contributed by atoms with E-state index in [2.05, 4.69) is 20.9 Å². The summed E-state index contributed by atoms with van der Waals surface area (Å²) >= 11 is 6.27. The highest BCUT2D eigenvalue weighted by atomic mass is 35.5. The molecule has 216 valence electrons. The number of benzene rings is 2. The van der Waals surface area contributed by atoms with Gasteiger partial charge in [0.05, 0.1) is 43.6 Å². The quantitative estimate of drug-likeness (QED) is 0.233. The number of hydrogen-bond acceptors (Lipinski definition) is 6. The molecular formula is C27H29ClF2N7O4+. The normalized spacial score (nSPS) is 11.0. The van der Waals surface area contributed by atoms with Crippen molar-refractivity contribution in [2.45, 2.75) is 0 Å². The van der Waals surface area contributed by atoms with E-state index in [9.17, 15) is 23.2 Å². The zero-order valence-electron chi connectivity index (χ0n) is 22.8. The molecule has 0 aliphatic heterocycles. The molecule has 3 amide bonds. The molecule has 3 rings (SSSR count). The number of imidazole rings is 1. The van der Waals surface area contributed by atoms with Gasteiger partial charge in [-0.15, -0.1) is 0 Å². The SMILES string of the molecule is Cn1c(-c2ccc(OCC#N)c(F)c2F)cnc1C(=O)Nc1ccc(C(=O)NCCNC(=O)C[N+](C)(C)C)c(Cl)c1. The molecule has 11 nitrogen and oxygen atoms in total. The number of likely N-dealkylation sites (N-methyl/N-ethyl adjacent to an activating group) is 1. The van der Waals surface area contributed by atoms with Crippen molar-refractivity contribution in [2.75, 3.05) is 52.7 Å². The largest absolute Gasteiger partial charge is 0.476 e. The maximum absolute atomic E-state index is 14.7. The molecule has 0 bridgehead atoms. The predicted molar refractivity (Wildman–Crippen MR) is 147 cm³/mol. The molecular weight excluding hydrogens is 560 g/mol. The Kier molecular flexibility index (Phi) is 9.99. The molecule has 1 aromatic heterocycles. The number of anilines is 1. The number of nitrogens with one attached hydrogen (secondary N) is 3. The lowest BCUT2D eigenvalue weighted by molar-refractivity contribution is -0.862. The molecule has 0 saturated heterocycles. The van der Waals surface area contributed by atoms with E-state index in [0.717, 1.165) is 0 Å². The van der Waals surface area contributed by atoms with Crippen LogP contribution in [0.2, 0.25) is 5.02 Å². The number of rotatable bonds is 11. The Bertz CT molecular complexity index is 1510. The minimum Gasteiger partial charge on any atom is -0.476 e. The second-order valence-corrected chi connectivity index (χ2v) is 10.3. The molecule has 0 aliphatic carbocycles. The highest BCUT2D eigenvalue weighted by molar-refractivity contribution is 6.34. The van der Waals surface area contributed by atoms with Crippen LogP contribution < -0.4 is 20.7 Å². The first-order valence-electron chi connectivity index (χ1n) is 12.3. The number of amides is 3. The minimum atomic E-state index is -1.27. The zero-order valence-corrected chi connectivity index (χ0v) is 23.6. The van der Waals surface area contributed by atoms with Gasteiger partial charge in [0.2, 0.25) is 5.82 Å². The Morgan fingerprint density at radius 2 is 1.78 bits per heavy atom. The fraction of sp³-hybridized carbons (Fsp3) is 0.296. The van der Waals surface area contributed by atoms with E-state index in [-0.39, 0.29) is 52.4 Å². The topological polar surface area (TPSA) is 138 Å². The summed E-state index contributed by atoms with van der Waals surface area (Å²) in [6.07, 6.45) is 1.22. The van der Waals surface area contributed by atoms with Crippen LogP contribution >= 0.6 is 11.6 Å². The van der Waals surface area contributed by atoms with E-state index in [4.69, 9.17) is 21.6 Å². The highest BCUT2D eigenvalue weighted by Gasteiger charge is 2.22. The van der Waals surface area contributed by atoms with E-state index < -0.39 is 35.8 Å². The fourth-order valence-corrected chi connectivity index (χ4v) is 4.01. The first-order valence-corrected chi connectivity index (χ1v) is 12.7. The molecule has 0 atom stereocenters. The molecule has 0 fully saturated rings. The molecule has 3 aromatic rings. The third-order valence-electron chi connectivity index (χ3n) is 5.63. The van der Waals surface area contributed by atoms with Crippen molar-refractivity contribution in [1.29, 1.82) is 5.26 Å². The van der Waals surface area contributed by atoms with Crippen molar-refractivity contribution >= 4 is 35.0 Å². The monoisotopic (exact) mass is 588 g/mol. The Hall–Kier alpha value is -4.54. The van der Waals surface area contributed by atoms with Crippen LogP contribution in [0.15, 0.2) is 36.5 Å². The van der Waals surface area contributed by atoms with Crippen LogP contribution in [0.4, 0.5) is 14.5 Å². The van der Waals surface area contributed by atoms with Gasteiger partial charge in [0.25, 0.3) is 17.7 Å². The van der Waals surface area contributed by atoms with Crippen molar-refractivity contribution in [1.82, 2.24) is 20.2 Å². The number of nitriles is 1. The molecule has 0 spiro atoms. The molecule has 0 unspecified atom stereocenters. The van der Waals surface area contributed by atoms with Gasteiger partial charge >= 0.3 is 0 Å². The Balaban J connectivity index is 1.63. The lowest BCUT2D eigenvalue weighted by atomic mass is 10.1. The summed E-state index contributed by atoms with van der Waals surface area (Å²) in [5, 5.41) is 16.6. The average molecular weight is 589 g/mol. The molecule has 2 aromatic carbocycles. The second kappa shape index (κ2) is 13.2. The predicted octanol–water partition coefficient (Wildman–Crippen LogP) is 2.73. The van der Waals surface area contributed by atoms with Crippen LogP contribution in [0.5, 0.6) is 5.75 Å². The first-order chi connectivity index (χ1) is 19.3. The zero-order chi connectivity index (χ0) is 30.3. The molecule has 14 heteroatoms. The molecule has 0 aliphatic rings. The van der Waals surface area contributed by atoms with Crippen molar-refractivity contribution in [3.63, 3.8) is 0 Å². The van der Waals surface area contributed by atoms with E-state index in [1.165, 1.54) is 48.1 Å². The van der Waals surface area contributed by atoms with E-state index in [1.54, 1.807) is 6.07 Å². The van der Waals surface area contributed by atoms with Crippen molar-refractivity contribution < 1.29 is 32.4 Å². The average Bonchev–Trinajstić information content (AvgIpc) is 3.27. The molecule has 0 saturated carbocycles. The third kappa shape index (κ3) is 8.00. The van der Waals surface area contributed by atoms with Crippen LogP contribution in [0.3, 0.4) is 0 Å². The van der Waals surface area contributed by atoms with Crippen molar-refractivity contribution in [3.05, 3.63) is 64.6 Å². The number of nitrogens with zero attached hydrogens (tertiary/aromatic N) is 4. The number of aromatic nitrogens is 2. The summed E-state index contributed by atoms with van der Waals surface area (Å²) in [6.45, 7) is 0.295. The van der Waals surface area contributed by atoms with Crippen LogP contribution in [-0.2, 0) is 11.8 Å². The number of quaternary nitrogens is 1. The lowest BCUT2D eigenvalue weighted by Gasteiger charge is -2.22. The van der Waals surface area contributed by atoms with Gasteiger partial charge in [0.1, 0.15) is 6.07 Å². The van der Waals surface area contributed by atoms with Gasteiger partial charge < -0.3 is 29.7 Å². The minimum absolute atomic E-state index is 0.0751. The summed E-state index contributed by atoms with van der Waals surface area (Å²) in [4.78, 5) is 41.3. The Morgan fingerprint density at radius 3 is 2.44 bits per heavy atom. The number of ether oxygens (including phenoxy) is 1. The van der Waals surface area contributed by atoms with Crippen LogP contribution in [0, 0.1) is 23.0 Å². The lowest BCUT2D eigenvalue weighted by Crippen LogP contribution is -2.45. The number of halogens is 3. The summed E-state index contributed by atoms with van der Waals surface area (Å²) in [7, 11) is 7.13. The molecule has 41 heavy (non-hydrogen) atoms. The maximum Gasteiger partial charge on any atom is 0.291 e. The van der Waals surface area contributed by atoms with E-state index in [1.807, 2.05) is 21.1 Å². The Morgan fingerprint density at radius 1 is 1.07 bits per heavy atom. The summed E-state index contributed by atoms with van der Waals surface area (Å²) in [5.41, 5.74) is 0.399. The molecule has 3 N–H and O–H groups in total. The third-order valence-corrected chi connectivity index (χ3v) is 5.94. The smallest absolute Gasteiger partial charge is 0.291 e. The summed E-state index contributed by atoms with van der Waals surface area (Å²) < 4.78 is 35.7.